The third-order valence-electron chi connectivity index (χ3n) is 3.37. The van der Waals surface area contributed by atoms with Crippen LogP contribution in [0.2, 0.25) is 0 Å². The van der Waals surface area contributed by atoms with Crippen LogP contribution < -0.4 is 5.32 Å². The second-order valence-corrected chi connectivity index (χ2v) is 5.32. The summed E-state index contributed by atoms with van der Waals surface area (Å²) < 4.78 is 10.1. The van der Waals surface area contributed by atoms with Crippen LogP contribution in [-0.4, -0.2) is 25.0 Å². The first-order valence-electron chi connectivity index (χ1n) is 8.21. The smallest absolute Gasteiger partial charge is 0.307 e. The number of esters is 1. The zero-order chi connectivity index (χ0) is 16.0. The highest BCUT2D eigenvalue weighted by atomic mass is 16.5. The fraction of sp³-hybridized carbons (Fsp3) is 0.647. The van der Waals surface area contributed by atoms with Gasteiger partial charge in [0.05, 0.1) is 19.3 Å². The molecule has 0 radical (unpaired) electrons. The number of hydrogen-bond donors (Lipinski definition) is 1. The molecule has 0 fully saturated rings. The molecule has 0 aromatic carbocycles. The molecule has 1 rings (SSSR count). The van der Waals surface area contributed by atoms with Crippen LogP contribution in [0.3, 0.4) is 0 Å². The number of unbranched alkanes of at least 4 members (excludes halogenated alkanes) is 6. The Hall–Kier alpha value is -1.78. The van der Waals surface area contributed by atoms with Gasteiger partial charge in [-0.2, -0.15) is 0 Å². The normalized spacial score (nSPS) is 10.4. The van der Waals surface area contributed by atoms with Crippen molar-refractivity contribution in [2.75, 3.05) is 13.2 Å². The number of amides is 1. The molecular weight excluding hydrogens is 282 g/mol. The second-order valence-electron chi connectivity index (χ2n) is 5.32. The Morgan fingerprint density at radius 2 is 1.86 bits per heavy atom. The molecule has 0 aliphatic carbocycles. The largest absolute Gasteiger partial charge is 0.466 e. The number of rotatable bonds is 12. The average Bonchev–Trinajstić information content (AvgIpc) is 3.04. The Kier molecular flexibility index (Phi) is 9.83. The number of furan rings is 1. The van der Waals surface area contributed by atoms with Crippen molar-refractivity contribution >= 4 is 11.9 Å². The fourth-order valence-electron chi connectivity index (χ4n) is 2.09. The van der Waals surface area contributed by atoms with E-state index in [2.05, 4.69) is 12.2 Å². The monoisotopic (exact) mass is 309 g/mol. The Morgan fingerprint density at radius 1 is 1.14 bits per heavy atom. The standard InChI is InChI=1S/C17H27NO4/c1-2-3-4-5-6-7-8-13-22-16(19)11-12-18-17(20)15-10-9-14-21-15/h9-10,14H,2-8,11-13H2,1H3,(H,18,20). The van der Waals surface area contributed by atoms with Crippen molar-refractivity contribution in [1.82, 2.24) is 5.32 Å². The summed E-state index contributed by atoms with van der Waals surface area (Å²) in [6.45, 7) is 2.94. The zero-order valence-corrected chi connectivity index (χ0v) is 13.4. The topological polar surface area (TPSA) is 68.5 Å². The summed E-state index contributed by atoms with van der Waals surface area (Å²) >= 11 is 0. The number of carbonyl (C=O) groups excluding carboxylic acids is 2. The Bertz CT molecular complexity index is 414. The molecule has 0 unspecified atom stereocenters. The minimum Gasteiger partial charge on any atom is -0.466 e. The molecule has 0 saturated carbocycles. The molecule has 22 heavy (non-hydrogen) atoms. The van der Waals surface area contributed by atoms with Gasteiger partial charge in [-0.3, -0.25) is 9.59 Å². The third-order valence-corrected chi connectivity index (χ3v) is 3.37. The highest BCUT2D eigenvalue weighted by Gasteiger charge is 2.09. The predicted molar refractivity (Wildman–Crippen MR) is 84.6 cm³/mol. The Morgan fingerprint density at radius 3 is 2.55 bits per heavy atom. The molecule has 1 aromatic rings. The maximum absolute atomic E-state index is 11.5. The van der Waals surface area contributed by atoms with Crippen molar-refractivity contribution in [3.05, 3.63) is 24.2 Å². The molecule has 1 heterocycles. The maximum atomic E-state index is 11.5. The van der Waals surface area contributed by atoms with Crippen LogP contribution in [0, 0.1) is 0 Å². The van der Waals surface area contributed by atoms with Gasteiger partial charge in [-0.05, 0) is 18.6 Å². The predicted octanol–water partition coefficient (Wildman–Crippen LogP) is 3.69. The number of ether oxygens (including phenoxy) is 1. The van der Waals surface area contributed by atoms with Crippen molar-refractivity contribution in [2.45, 2.75) is 58.3 Å². The van der Waals surface area contributed by atoms with Gasteiger partial charge in [0.15, 0.2) is 5.76 Å². The van der Waals surface area contributed by atoms with E-state index in [4.69, 9.17) is 9.15 Å². The van der Waals surface area contributed by atoms with E-state index in [9.17, 15) is 9.59 Å². The van der Waals surface area contributed by atoms with E-state index < -0.39 is 0 Å². The van der Waals surface area contributed by atoms with Crippen LogP contribution in [0.15, 0.2) is 22.8 Å². The van der Waals surface area contributed by atoms with Gasteiger partial charge in [-0.1, -0.05) is 45.4 Å². The average molecular weight is 309 g/mol. The van der Waals surface area contributed by atoms with Gasteiger partial charge in [-0.15, -0.1) is 0 Å². The van der Waals surface area contributed by atoms with Crippen molar-refractivity contribution in [3.63, 3.8) is 0 Å². The van der Waals surface area contributed by atoms with Gasteiger partial charge in [0.1, 0.15) is 0 Å². The van der Waals surface area contributed by atoms with E-state index in [-0.39, 0.29) is 30.6 Å². The molecule has 0 bridgehead atoms. The van der Waals surface area contributed by atoms with Crippen LogP contribution in [0.25, 0.3) is 0 Å². The maximum Gasteiger partial charge on any atom is 0.307 e. The van der Waals surface area contributed by atoms with Crippen molar-refractivity contribution in [1.29, 1.82) is 0 Å². The molecule has 5 nitrogen and oxygen atoms in total. The molecule has 124 valence electrons. The lowest BCUT2D eigenvalue weighted by Gasteiger charge is -2.05. The molecule has 0 aliphatic rings. The summed E-state index contributed by atoms with van der Waals surface area (Å²) in [5.41, 5.74) is 0. The van der Waals surface area contributed by atoms with Crippen molar-refractivity contribution in [3.8, 4) is 0 Å². The number of nitrogens with one attached hydrogen (secondary N) is 1. The van der Waals surface area contributed by atoms with Crippen molar-refractivity contribution < 1.29 is 18.7 Å². The first kappa shape index (κ1) is 18.3. The summed E-state index contributed by atoms with van der Waals surface area (Å²) in [5, 5.41) is 2.61. The summed E-state index contributed by atoms with van der Waals surface area (Å²) in [5.74, 6) is -0.341. The third kappa shape index (κ3) is 8.49. The molecule has 1 aromatic heterocycles. The second kappa shape index (κ2) is 11.8. The summed E-state index contributed by atoms with van der Waals surface area (Å²) in [6, 6.07) is 3.22. The van der Waals surface area contributed by atoms with Gasteiger partial charge in [0, 0.05) is 6.54 Å². The lowest BCUT2D eigenvalue weighted by molar-refractivity contribution is -0.143. The lowest BCUT2D eigenvalue weighted by Crippen LogP contribution is -2.26. The van der Waals surface area contributed by atoms with E-state index in [1.807, 2.05) is 0 Å². The van der Waals surface area contributed by atoms with E-state index >= 15 is 0 Å². The van der Waals surface area contributed by atoms with E-state index in [0.717, 1.165) is 12.8 Å². The lowest BCUT2D eigenvalue weighted by atomic mass is 10.1. The Labute approximate surface area is 132 Å². The van der Waals surface area contributed by atoms with Gasteiger partial charge in [-0.25, -0.2) is 0 Å². The molecule has 0 aliphatic heterocycles. The number of carbonyl (C=O) groups is 2. The van der Waals surface area contributed by atoms with E-state index in [0.29, 0.717) is 6.61 Å². The molecule has 0 atom stereocenters. The summed E-state index contributed by atoms with van der Waals surface area (Å²) in [4.78, 5) is 23.0. The minimum absolute atomic E-state index is 0.183. The minimum atomic E-state index is -0.315. The summed E-state index contributed by atoms with van der Waals surface area (Å²) in [6.07, 6.45) is 9.97. The molecule has 0 saturated heterocycles. The van der Waals surface area contributed by atoms with Crippen molar-refractivity contribution in [2.24, 2.45) is 0 Å². The molecular formula is C17H27NO4. The van der Waals surface area contributed by atoms with Gasteiger partial charge in [0.25, 0.3) is 5.91 Å². The summed E-state index contributed by atoms with van der Waals surface area (Å²) in [7, 11) is 0. The van der Waals surface area contributed by atoms with E-state index in [1.165, 1.54) is 38.4 Å². The first-order chi connectivity index (χ1) is 10.7. The van der Waals surface area contributed by atoms with Gasteiger partial charge < -0.3 is 14.5 Å². The van der Waals surface area contributed by atoms with Gasteiger partial charge in [0.2, 0.25) is 0 Å². The molecule has 0 spiro atoms. The molecule has 1 amide bonds. The van der Waals surface area contributed by atoms with Crippen LogP contribution in [-0.2, 0) is 9.53 Å². The molecule has 1 N–H and O–H groups in total. The highest BCUT2D eigenvalue weighted by molar-refractivity contribution is 5.91. The van der Waals surface area contributed by atoms with Crippen LogP contribution in [0.5, 0.6) is 0 Å². The highest BCUT2D eigenvalue weighted by Crippen LogP contribution is 2.07. The quantitative estimate of drug-likeness (QED) is 0.472. The van der Waals surface area contributed by atoms with Gasteiger partial charge >= 0.3 is 5.97 Å². The van der Waals surface area contributed by atoms with Crippen LogP contribution in [0.1, 0.15) is 68.8 Å². The fourth-order valence-corrected chi connectivity index (χ4v) is 2.09. The SMILES string of the molecule is CCCCCCCCCOC(=O)CCNC(=O)c1ccco1. The van der Waals surface area contributed by atoms with Crippen LogP contribution in [0.4, 0.5) is 0 Å². The first-order valence-corrected chi connectivity index (χ1v) is 8.21. The van der Waals surface area contributed by atoms with E-state index in [1.54, 1.807) is 12.1 Å². The zero-order valence-electron chi connectivity index (χ0n) is 13.4. The Balaban J connectivity index is 1.92. The van der Waals surface area contributed by atoms with Crippen LogP contribution >= 0.6 is 0 Å². The molecule has 5 heteroatoms. The number of hydrogen-bond acceptors (Lipinski definition) is 4.